The summed E-state index contributed by atoms with van der Waals surface area (Å²) in [5, 5.41) is 8.50. The summed E-state index contributed by atoms with van der Waals surface area (Å²) < 4.78 is 0. The van der Waals surface area contributed by atoms with E-state index in [1.54, 1.807) is 0 Å². The topological polar surface area (TPSA) is 23.9 Å². The normalized spacial score (nSPS) is 11.1. The van der Waals surface area contributed by atoms with Crippen molar-refractivity contribution >= 4 is 17.4 Å². The molecule has 1 aromatic rings. The first-order chi connectivity index (χ1) is 10.7. The van der Waals surface area contributed by atoms with Crippen molar-refractivity contribution in [3.8, 4) is 0 Å². The maximum Gasteiger partial charge on any atom is 0.0643 e. The van der Waals surface area contributed by atoms with E-state index in [0.29, 0.717) is 5.71 Å². The standard InChI is InChI=1S/C22H29N/c1-9-18-13-19(14(2)3)10-11-20(18)12-17(8)22(23)21(15(4)5)16(6)7/h10-13,23H,2,4,9H2,1,3,5-8H3/b17-12+,23-22?. The zero-order chi connectivity index (χ0) is 17.7. The van der Waals surface area contributed by atoms with Crippen molar-refractivity contribution < 1.29 is 0 Å². The number of hydrogen-bond acceptors (Lipinski definition) is 1. The Balaban J connectivity index is 3.30. The third-order valence-electron chi connectivity index (χ3n) is 3.96. The van der Waals surface area contributed by atoms with E-state index in [1.165, 1.54) is 16.7 Å². The van der Waals surface area contributed by atoms with E-state index in [4.69, 9.17) is 5.41 Å². The van der Waals surface area contributed by atoms with Gasteiger partial charge in [0.05, 0.1) is 5.71 Å². The van der Waals surface area contributed by atoms with Gasteiger partial charge in [0.15, 0.2) is 0 Å². The number of aryl methyl sites for hydroxylation is 1. The molecule has 0 unspecified atom stereocenters. The van der Waals surface area contributed by atoms with Gasteiger partial charge >= 0.3 is 0 Å². The second kappa shape index (κ2) is 7.92. The van der Waals surface area contributed by atoms with Crippen molar-refractivity contribution in [1.29, 1.82) is 5.41 Å². The average Bonchev–Trinajstić information content (AvgIpc) is 2.46. The Hall–Kier alpha value is -2.15. The minimum atomic E-state index is 0.559. The van der Waals surface area contributed by atoms with Gasteiger partial charge in [-0.15, -0.1) is 0 Å². The molecule has 1 heteroatoms. The third-order valence-corrected chi connectivity index (χ3v) is 3.96. The molecule has 0 saturated heterocycles. The Kier molecular flexibility index (Phi) is 6.50. The van der Waals surface area contributed by atoms with Crippen LogP contribution in [0.3, 0.4) is 0 Å². The van der Waals surface area contributed by atoms with E-state index in [2.05, 4.69) is 44.4 Å². The molecule has 122 valence electrons. The number of hydrogen-bond donors (Lipinski definition) is 1. The van der Waals surface area contributed by atoms with E-state index in [0.717, 1.165) is 34.3 Å². The predicted octanol–water partition coefficient (Wildman–Crippen LogP) is 6.62. The second-order valence-corrected chi connectivity index (χ2v) is 6.41. The molecule has 0 atom stereocenters. The van der Waals surface area contributed by atoms with Crippen molar-refractivity contribution in [3.63, 3.8) is 0 Å². The molecule has 1 rings (SSSR count). The molecule has 0 heterocycles. The molecule has 0 bridgehead atoms. The fourth-order valence-corrected chi connectivity index (χ4v) is 2.71. The number of nitrogens with one attached hydrogen (secondary N) is 1. The molecule has 1 N–H and O–H groups in total. The average molecular weight is 307 g/mol. The van der Waals surface area contributed by atoms with Gasteiger partial charge in [-0.25, -0.2) is 0 Å². The quantitative estimate of drug-likeness (QED) is 0.451. The molecule has 0 aliphatic heterocycles. The summed E-state index contributed by atoms with van der Waals surface area (Å²) >= 11 is 0. The van der Waals surface area contributed by atoms with Crippen LogP contribution in [0.2, 0.25) is 0 Å². The van der Waals surface area contributed by atoms with E-state index in [1.807, 2.05) is 34.6 Å². The van der Waals surface area contributed by atoms with Gasteiger partial charge in [-0.3, -0.25) is 5.41 Å². The summed E-state index contributed by atoms with van der Waals surface area (Å²) in [5.41, 5.74) is 9.26. The van der Waals surface area contributed by atoms with Crippen LogP contribution in [0.4, 0.5) is 0 Å². The molecule has 0 amide bonds. The van der Waals surface area contributed by atoms with Crippen LogP contribution < -0.4 is 0 Å². The van der Waals surface area contributed by atoms with Crippen LogP contribution in [0.15, 0.2) is 53.6 Å². The lowest BCUT2D eigenvalue weighted by Gasteiger charge is -2.13. The van der Waals surface area contributed by atoms with Gasteiger partial charge in [-0.05, 0) is 75.0 Å². The first-order valence-electron chi connectivity index (χ1n) is 8.08. The maximum absolute atomic E-state index is 8.50. The highest BCUT2D eigenvalue weighted by Crippen LogP contribution is 2.23. The van der Waals surface area contributed by atoms with Crippen LogP contribution in [0.1, 0.15) is 58.2 Å². The van der Waals surface area contributed by atoms with Gasteiger partial charge in [0.25, 0.3) is 0 Å². The Labute approximate surface area is 141 Å². The molecule has 0 spiro atoms. The lowest BCUT2D eigenvalue weighted by molar-refractivity contribution is 1.13. The molecule has 0 aliphatic rings. The highest BCUT2D eigenvalue weighted by molar-refractivity contribution is 6.15. The molecule has 1 aromatic carbocycles. The fraction of sp³-hybridized carbons (Fsp3) is 0.318. The summed E-state index contributed by atoms with van der Waals surface area (Å²) in [7, 11) is 0. The van der Waals surface area contributed by atoms with Crippen LogP contribution in [0.25, 0.3) is 11.6 Å². The SMILES string of the molecule is C=C(C)C(C(=N)/C(C)=C/c1ccc(C(=C)C)cc1CC)=C(C)C. The minimum absolute atomic E-state index is 0.559. The van der Waals surface area contributed by atoms with E-state index in [-0.39, 0.29) is 0 Å². The van der Waals surface area contributed by atoms with Crippen LogP contribution in [-0.2, 0) is 6.42 Å². The first-order valence-corrected chi connectivity index (χ1v) is 8.08. The van der Waals surface area contributed by atoms with Crippen molar-refractivity contribution in [2.75, 3.05) is 0 Å². The number of allylic oxidation sites excluding steroid dienone is 5. The van der Waals surface area contributed by atoms with Crippen molar-refractivity contribution in [1.82, 2.24) is 0 Å². The second-order valence-electron chi connectivity index (χ2n) is 6.41. The van der Waals surface area contributed by atoms with E-state index in [9.17, 15) is 0 Å². The molecule has 0 aliphatic carbocycles. The van der Waals surface area contributed by atoms with Gasteiger partial charge in [0.2, 0.25) is 0 Å². The maximum atomic E-state index is 8.50. The van der Waals surface area contributed by atoms with Gasteiger partial charge in [0, 0.05) is 5.57 Å². The van der Waals surface area contributed by atoms with E-state index < -0.39 is 0 Å². The molecular weight excluding hydrogens is 278 g/mol. The summed E-state index contributed by atoms with van der Waals surface area (Å²) in [6.07, 6.45) is 3.07. The van der Waals surface area contributed by atoms with Crippen LogP contribution in [-0.4, -0.2) is 5.71 Å². The zero-order valence-corrected chi connectivity index (χ0v) is 15.4. The fourth-order valence-electron chi connectivity index (χ4n) is 2.71. The van der Waals surface area contributed by atoms with Crippen molar-refractivity contribution in [3.05, 3.63) is 70.3 Å². The van der Waals surface area contributed by atoms with Gasteiger partial charge < -0.3 is 0 Å². The summed E-state index contributed by atoms with van der Waals surface area (Å²) in [5.74, 6) is 0. The first kappa shape index (κ1) is 18.9. The smallest absolute Gasteiger partial charge is 0.0643 e. The lowest BCUT2D eigenvalue weighted by Crippen LogP contribution is -2.06. The third kappa shape index (κ3) is 4.66. The Bertz CT molecular complexity index is 707. The predicted molar refractivity (Wildman–Crippen MR) is 105 cm³/mol. The molecule has 0 saturated carbocycles. The minimum Gasteiger partial charge on any atom is -0.300 e. The number of rotatable bonds is 6. The summed E-state index contributed by atoms with van der Waals surface area (Å²) in [4.78, 5) is 0. The highest BCUT2D eigenvalue weighted by atomic mass is 14.4. The largest absolute Gasteiger partial charge is 0.300 e. The lowest BCUT2D eigenvalue weighted by atomic mass is 9.92. The molecule has 0 aromatic heterocycles. The summed E-state index contributed by atoms with van der Waals surface area (Å²) in [6, 6.07) is 6.43. The van der Waals surface area contributed by atoms with Gasteiger partial charge in [-0.2, -0.15) is 0 Å². The highest BCUT2D eigenvalue weighted by Gasteiger charge is 2.11. The Morgan fingerprint density at radius 1 is 1.09 bits per heavy atom. The zero-order valence-electron chi connectivity index (χ0n) is 15.4. The van der Waals surface area contributed by atoms with Crippen LogP contribution >= 0.6 is 0 Å². The van der Waals surface area contributed by atoms with Crippen molar-refractivity contribution in [2.45, 2.75) is 48.0 Å². The molecular formula is C22H29N. The monoisotopic (exact) mass is 307 g/mol. The van der Waals surface area contributed by atoms with E-state index >= 15 is 0 Å². The van der Waals surface area contributed by atoms with Gasteiger partial charge in [-0.1, -0.05) is 49.4 Å². The molecule has 23 heavy (non-hydrogen) atoms. The van der Waals surface area contributed by atoms with Crippen LogP contribution in [0.5, 0.6) is 0 Å². The molecule has 0 fully saturated rings. The molecule has 1 nitrogen and oxygen atoms in total. The van der Waals surface area contributed by atoms with Gasteiger partial charge in [0.1, 0.15) is 0 Å². The number of benzene rings is 1. The Morgan fingerprint density at radius 3 is 2.13 bits per heavy atom. The molecule has 0 radical (unpaired) electrons. The van der Waals surface area contributed by atoms with Crippen LogP contribution in [0, 0.1) is 5.41 Å². The Morgan fingerprint density at radius 2 is 1.70 bits per heavy atom. The van der Waals surface area contributed by atoms with Crippen molar-refractivity contribution in [2.24, 2.45) is 0 Å². The summed E-state index contributed by atoms with van der Waals surface area (Å²) in [6.45, 7) is 20.2.